The maximum absolute atomic E-state index is 11.8. The Morgan fingerprint density at radius 2 is 2.29 bits per heavy atom. The largest absolute Gasteiger partial charge is 0.383 e. The smallest absolute Gasteiger partial charge is 0.186 e. The topological polar surface area (TPSA) is 42.4 Å². The van der Waals surface area contributed by atoms with E-state index in [0.29, 0.717) is 13.0 Å². The molecule has 1 aromatic rings. The van der Waals surface area contributed by atoms with Gasteiger partial charge in [-0.05, 0) is 19.8 Å². The summed E-state index contributed by atoms with van der Waals surface area (Å²) in [7, 11) is 1.70. The monoisotopic (exact) mass is 254 g/mol. The molecule has 1 aromatic heterocycles. The van der Waals surface area contributed by atoms with Crippen LogP contribution in [0.25, 0.3) is 0 Å². The molecular formula is C12H18N2O2S. The van der Waals surface area contributed by atoms with Gasteiger partial charge in [0.2, 0.25) is 0 Å². The van der Waals surface area contributed by atoms with Crippen molar-refractivity contribution in [3.8, 4) is 0 Å². The third kappa shape index (κ3) is 2.66. The highest BCUT2D eigenvalue weighted by Crippen LogP contribution is 2.31. The molecule has 94 valence electrons. The number of ketones is 1. The van der Waals surface area contributed by atoms with E-state index in [1.807, 2.05) is 0 Å². The second-order valence-electron chi connectivity index (χ2n) is 4.12. The van der Waals surface area contributed by atoms with Crippen molar-refractivity contribution in [1.29, 1.82) is 0 Å². The van der Waals surface area contributed by atoms with E-state index < -0.39 is 0 Å². The highest BCUT2D eigenvalue weighted by atomic mass is 32.1. The summed E-state index contributed by atoms with van der Waals surface area (Å²) in [6.07, 6.45) is 2.57. The number of aryl methyl sites for hydroxylation is 1. The molecule has 0 aliphatic heterocycles. The Hall–Kier alpha value is -0.940. The molecule has 0 unspecified atom stereocenters. The number of hydrogen-bond donors (Lipinski definition) is 0. The van der Waals surface area contributed by atoms with Gasteiger partial charge in [0.05, 0.1) is 17.2 Å². The number of thiazole rings is 1. The lowest BCUT2D eigenvalue weighted by Gasteiger charge is -2.18. The first-order chi connectivity index (χ1) is 8.26. The van der Waals surface area contributed by atoms with Crippen molar-refractivity contribution in [1.82, 2.24) is 4.98 Å². The van der Waals surface area contributed by atoms with E-state index in [9.17, 15) is 4.79 Å². The van der Waals surface area contributed by atoms with Crippen LogP contribution in [-0.4, -0.2) is 37.6 Å². The molecule has 17 heavy (non-hydrogen) atoms. The Morgan fingerprint density at radius 1 is 1.47 bits per heavy atom. The molecule has 0 saturated heterocycles. The van der Waals surface area contributed by atoms with Crippen LogP contribution >= 0.6 is 11.3 Å². The maximum Gasteiger partial charge on any atom is 0.186 e. The van der Waals surface area contributed by atoms with Gasteiger partial charge in [-0.3, -0.25) is 4.79 Å². The van der Waals surface area contributed by atoms with Crippen LogP contribution in [0.2, 0.25) is 0 Å². The van der Waals surface area contributed by atoms with Gasteiger partial charge in [0.15, 0.2) is 10.9 Å². The average molecular weight is 254 g/mol. The van der Waals surface area contributed by atoms with E-state index >= 15 is 0 Å². The van der Waals surface area contributed by atoms with Gasteiger partial charge < -0.3 is 9.64 Å². The van der Waals surface area contributed by atoms with Crippen molar-refractivity contribution in [2.45, 2.75) is 26.2 Å². The van der Waals surface area contributed by atoms with E-state index in [1.54, 1.807) is 7.11 Å². The quantitative estimate of drug-likeness (QED) is 0.807. The van der Waals surface area contributed by atoms with E-state index in [2.05, 4.69) is 16.8 Å². The summed E-state index contributed by atoms with van der Waals surface area (Å²) in [4.78, 5) is 19.4. The molecule has 0 spiro atoms. The number of anilines is 1. The van der Waals surface area contributed by atoms with Crippen LogP contribution in [0.3, 0.4) is 0 Å². The summed E-state index contributed by atoms with van der Waals surface area (Å²) in [6.45, 7) is 4.50. The van der Waals surface area contributed by atoms with Crippen molar-refractivity contribution in [2.24, 2.45) is 0 Å². The van der Waals surface area contributed by atoms with Gasteiger partial charge in [-0.2, -0.15) is 0 Å². The van der Waals surface area contributed by atoms with Gasteiger partial charge in [0, 0.05) is 26.6 Å². The fourth-order valence-electron chi connectivity index (χ4n) is 1.98. The molecular weight excluding hydrogens is 236 g/mol. The predicted molar refractivity (Wildman–Crippen MR) is 69.1 cm³/mol. The van der Waals surface area contributed by atoms with Gasteiger partial charge in [-0.1, -0.05) is 11.3 Å². The van der Waals surface area contributed by atoms with E-state index in [-0.39, 0.29) is 5.78 Å². The molecule has 1 aliphatic carbocycles. The number of methoxy groups -OCH3 is 1. The summed E-state index contributed by atoms with van der Waals surface area (Å²) < 4.78 is 5.09. The molecule has 5 heteroatoms. The Labute approximate surface area is 106 Å². The zero-order valence-corrected chi connectivity index (χ0v) is 11.2. The van der Waals surface area contributed by atoms with Crippen LogP contribution in [0.1, 0.15) is 35.1 Å². The molecule has 1 heterocycles. The van der Waals surface area contributed by atoms with Gasteiger partial charge in [-0.15, -0.1) is 0 Å². The van der Waals surface area contributed by atoms with Crippen molar-refractivity contribution < 1.29 is 9.53 Å². The predicted octanol–water partition coefficient (Wildman–Crippen LogP) is 2.13. The molecule has 0 fully saturated rings. The van der Waals surface area contributed by atoms with Crippen LogP contribution in [0.15, 0.2) is 0 Å². The van der Waals surface area contributed by atoms with Gasteiger partial charge >= 0.3 is 0 Å². The molecule has 2 rings (SSSR count). The molecule has 1 aliphatic rings. The summed E-state index contributed by atoms with van der Waals surface area (Å²) >= 11 is 1.54. The molecule has 0 amide bonds. The number of Topliss-reactive ketones (excluding diaryl/α,β-unsaturated/α-hetero) is 1. The maximum atomic E-state index is 11.8. The van der Waals surface area contributed by atoms with Crippen molar-refractivity contribution in [3.63, 3.8) is 0 Å². The number of ether oxygens (including phenoxy) is 1. The lowest BCUT2D eigenvalue weighted by Crippen LogP contribution is -2.26. The lowest BCUT2D eigenvalue weighted by atomic mass is 10.0. The number of likely N-dealkylation sites (N-methyl/N-ethyl adjacent to an activating group) is 1. The third-order valence-electron chi connectivity index (χ3n) is 2.97. The standard InChI is InChI=1S/C12H18N2O2S/c1-3-14(7-8-16-2)12-13-9-5-4-6-10(15)11(9)17-12/h3-8H2,1-2H3. The molecule has 0 N–H and O–H groups in total. The first-order valence-corrected chi connectivity index (χ1v) is 6.84. The first-order valence-electron chi connectivity index (χ1n) is 6.03. The number of hydrogen-bond acceptors (Lipinski definition) is 5. The van der Waals surface area contributed by atoms with Gasteiger partial charge in [-0.25, -0.2) is 4.98 Å². The average Bonchev–Trinajstić information content (AvgIpc) is 2.75. The molecule has 0 radical (unpaired) electrons. The lowest BCUT2D eigenvalue weighted by molar-refractivity contribution is 0.0976. The summed E-state index contributed by atoms with van der Waals surface area (Å²) in [5, 5.41) is 0.963. The number of nitrogens with zero attached hydrogens (tertiary/aromatic N) is 2. The van der Waals surface area contributed by atoms with Crippen molar-refractivity contribution in [2.75, 3.05) is 31.7 Å². The van der Waals surface area contributed by atoms with Crippen molar-refractivity contribution in [3.05, 3.63) is 10.6 Å². The van der Waals surface area contributed by atoms with E-state index in [1.165, 1.54) is 11.3 Å². The van der Waals surface area contributed by atoms with Gasteiger partial charge in [0.25, 0.3) is 0 Å². The minimum atomic E-state index is 0.262. The minimum Gasteiger partial charge on any atom is -0.383 e. The van der Waals surface area contributed by atoms with Crippen LogP contribution < -0.4 is 4.90 Å². The Kier molecular flexibility index (Phi) is 4.12. The van der Waals surface area contributed by atoms with Crippen LogP contribution in [0.4, 0.5) is 5.13 Å². The fraction of sp³-hybridized carbons (Fsp3) is 0.667. The Balaban J connectivity index is 2.17. The fourth-order valence-corrected chi connectivity index (χ4v) is 3.15. The molecule has 0 saturated carbocycles. The van der Waals surface area contributed by atoms with Gasteiger partial charge in [0.1, 0.15) is 0 Å². The minimum absolute atomic E-state index is 0.262. The molecule has 0 atom stereocenters. The number of rotatable bonds is 5. The number of aromatic nitrogens is 1. The van der Waals surface area contributed by atoms with Crippen molar-refractivity contribution >= 4 is 22.3 Å². The highest BCUT2D eigenvalue weighted by molar-refractivity contribution is 7.17. The SMILES string of the molecule is CCN(CCOC)c1nc2c(s1)C(=O)CCC2. The first kappa shape index (κ1) is 12.5. The molecule has 0 aromatic carbocycles. The van der Waals surface area contributed by atoms with Crippen LogP contribution in [-0.2, 0) is 11.2 Å². The second-order valence-corrected chi connectivity index (χ2v) is 5.10. The second kappa shape index (κ2) is 5.60. The summed E-state index contributed by atoms with van der Waals surface area (Å²) in [6, 6.07) is 0. The molecule has 4 nitrogen and oxygen atoms in total. The summed E-state index contributed by atoms with van der Waals surface area (Å²) in [5.41, 5.74) is 0.997. The zero-order valence-electron chi connectivity index (χ0n) is 10.4. The molecule has 0 bridgehead atoms. The number of fused-ring (bicyclic) bond motifs is 1. The van der Waals surface area contributed by atoms with E-state index in [4.69, 9.17) is 4.74 Å². The Bertz CT molecular complexity index is 403. The zero-order chi connectivity index (χ0) is 12.3. The normalized spacial score (nSPS) is 14.8. The van der Waals surface area contributed by atoms with E-state index in [0.717, 1.165) is 41.6 Å². The summed E-state index contributed by atoms with van der Waals surface area (Å²) in [5.74, 6) is 0.262. The Morgan fingerprint density at radius 3 is 2.94 bits per heavy atom. The highest BCUT2D eigenvalue weighted by Gasteiger charge is 2.23. The van der Waals surface area contributed by atoms with Crippen LogP contribution in [0.5, 0.6) is 0 Å². The van der Waals surface area contributed by atoms with Crippen LogP contribution in [0, 0.1) is 0 Å². The third-order valence-corrected chi connectivity index (χ3v) is 4.17. The number of carbonyl (C=O) groups is 1. The number of carbonyl (C=O) groups excluding carboxylic acids is 1.